The Labute approximate surface area is 144 Å². The van der Waals surface area contributed by atoms with Crippen LogP contribution in [0, 0.1) is 0 Å². The number of benzene rings is 1. The van der Waals surface area contributed by atoms with E-state index in [9.17, 15) is 9.90 Å². The predicted molar refractivity (Wildman–Crippen MR) is 91.5 cm³/mol. The summed E-state index contributed by atoms with van der Waals surface area (Å²) in [6.07, 6.45) is 3.47. The molecule has 1 unspecified atom stereocenters. The van der Waals surface area contributed by atoms with Gasteiger partial charge in [0, 0.05) is 24.0 Å². The summed E-state index contributed by atoms with van der Waals surface area (Å²) in [5, 5.41) is 9.52. The predicted octanol–water partition coefficient (Wildman–Crippen LogP) is 3.88. The fraction of sp³-hybridized carbons (Fsp3) is 0.412. The third-order valence-corrected chi connectivity index (χ3v) is 4.96. The van der Waals surface area contributed by atoms with Crippen LogP contribution in [0.2, 0.25) is 0 Å². The van der Waals surface area contributed by atoms with E-state index in [4.69, 9.17) is 0 Å². The van der Waals surface area contributed by atoms with Gasteiger partial charge < -0.3 is 9.67 Å². The van der Waals surface area contributed by atoms with Gasteiger partial charge in [0.05, 0.1) is 17.9 Å². The fourth-order valence-electron chi connectivity index (χ4n) is 3.25. The Bertz CT molecular complexity index is 696. The topological polar surface area (TPSA) is 58.4 Å². The van der Waals surface area contributed by atoms with Crippen molar-refractivity contribution in [2.45, 2.75) is 38.8 Å². The molecular formula is C17H20BrN3O2. The second-order valence-electron chi connectivity index (χ2n) is 5.76. The van der Waals surface area contributed by atoms with Crippen LogP contribution >= 0.6 is 15.9 Å². The van der Waals surface area contributed by atoms with Crippen molar-refractivity contribution in [3.8, 4) is 0 Å². The Balaban J connectivity index is 1.83. The van der Waals surface area contributed by atoms with Gasteiger partial charge in [-0.05, 0) is 30.5 Å². The molecule has 2 heterocycles. The lowest BCUT2D eigenvalue weighted by Gasteiger charge is -2.35. The van der Waals surface area contributed by atoms with Crippen LogP contribution in [0.15, 0.2) is 34.9 Å². The molecule has 2 aromatic rings. The van der Waals surface area contributed by atoms with E-state index in [1.54, 1.807) is 4.90 Å². The van der Waals surface area contributed by atoms with E-state index in [1.165, 1.54) is 5.56 Å². The van der Waals surface area contributed by atoms with Crippen LogP contribution in [0.4, 0.5) is 4.79 Å². The Morgan fingerprint density at radius 2 is 2.09 bits per heavy atom. The van der Waals surface area contributed by atoms with Crippen molar-refractivity contribution >= 4 is 22.0 Å². The van der Waals surface area contributed by atoms with Crippen LogP contribution in [0.5, 0.6) is 0 Å². The van der Waals surface area contributed by atoms with Gasteiger partial charge in [0.25, 0.3) is 0 Å². The smallest absolute Gasteiger partial charge is 0.407 e. The second-order valence-corrected chi connectivity index (χ2v) is 6.68. The number of carboxylic acid groups (broad SMARTS) is 1. The molecule has 1 aliphatic heterocycles. The van der Waals surface area contributed by atoms with Gasteiger partial charge in [0.1, 0.15) is 5.82 Å². The molecule has 1 amide bonds. The molecule has 3 rings (SSSR count). The molecule has 1 aromatic carbocycles. The standard InChI is InChI=1S/C17H20BrN3O2/c1-2-16-19-11-15-14(21(17(22)23)10-9-20(15)16)8-5-12-3-6-13(18)7-4-12/h3-4,6-7,11,14H,2,5,8-10H2,1H3,(H,22,23). The lowest BCUT2D eigenvalue weighted by Crippen LogP contribution is -2.41. The summed E-state index contributed by atoms with van der Waals surface area (Å²) >= 11 is 3.44. The zero-order valence-electron chi connectivity index (χ0n) is 13.1. The molecule has 122 valence electrons. The molecule has 1 N–H and O–H groups in total. The molecule has 0 spiro atoms. The van der Waals surface area contributed by atoms with E-state index in [2.05, 4.69) is 44.5 Å². The van der Waals surface area contributed by atoms with Crippen molar-refractivity contribution in [2.24, 2.45) is 0 Å². The molecule has 23 heavy (non-hydrogen) atoms. The van der Waals surface area contributed by atoms with E-state index in [1.807, 2.05) is 18.3 Å². The molecule has 1 aromatic heterocycles. The van der Waals surface area contributed by atoms with Crippen molar-refractivity contribution in [3.63, 3.8) is 0 Å². The van der Waals surface area contributed by atoms with Crippen LogP contribution in [0.25, 0.3) is 0 Å². The van der Waals surface area contributed by atoms with Crippen molar-refractivity contribution in [2.75, 3.05) is 6.54 Å². The molecule has 0 saturated heterocycles. The largest absolute Gasteiger partial charge is 0.465 e. The monoisotopic (exact) mass is 377 g/mol. The number of aryl methyl sites for hydroxylation is 2. The number of rotatable bonds is 4. The number of aromatic nitrogens is 2. The summed E-state index contributed by atoms with van der Waals surface area (Å²) < 4.78 is 3.24. The molecule has 5 nitrogen and oxygen atoms in total. The minimum atomic E-state index is -0.851. The maximum absolute atomic E-state index is 11.6. The van der Waals surface area contributed by atoms with Gasteiger partial charge >= 0.3 is 6.09 Å². The summed E-state index contributed by atoms with van der Waals surface area (Å²) in [6.45, 7) is 3.30. The van der Waals surface area contributed by atoms with E-state index in [-0.39, 0.29) is 6.04 Å². The SMILES string of the molecule is CCc1ncc2n1CCN(C(=O)O)C2CCc1ccc(Br)cc1. The van der Waals surface area contributed by atoms with E-state index < -0.39 is 6.09 Å². The van der Waals surface area contributed by atoms with Crippen LogP contribution in [-0.2, 0) is 19.4 Å². The average Bonchev–Trinajstić information content (AvgIpc) is 2.97. The molecule has 0 saturated carbocycles. The quantitative estimate of drug-likeness (QED) is 0.879. The van der Waals surface area contributed by atoms with Gasteiger partial charge in [0.15, 0.2) is 0 Å². The first-order valence-electron chi connectivity index (χ1n) is 7.88. The first-order chi connectivity index (χ1) is 11.1. The number of hydrogen-bond donors (Lipinski definition) is 1. The summed E-state index contributed by atoms with van der Waals surface area (Å²) in [5.41, 5.74) is 2.23. The molecule has 0 radical (unpaired) electrons. The van der Waals surface area contributed by atoms with Crippen molar-refractivity contribution in [1.82, 2.24) is 14.5 Å². The van der Waals surface area contributed by atoms with E-state index in [0.29, 0.717) is 13.1 Å². The molecule has 0 bridgehead atoms. The Hall–Kier alpha value is -1.82. The lowest BCUT2D eigenvalue weighted by molar-refractivity contribution is 0.106. The summed E-state index contributed by atoms with van der Waals surface area (Å²) in [4.78, 5) is 17.6. The van der Waals surface area contributed by atoms with Crippen molar-refractivity contribution in [1.29, 1.82) is 0 Å². The maximum Gasteiger partial charge on any atom is 0.407 e. The maximum atomic E-state index is 11.6. The van der Waals surface area contributed by atoms with Crippen molar-refractivity contribution in [3.05, 3.63) is 52.0 Å². The first kappa shape index (κ1) is 16.1. The summed E-state index contributed by atoms with van der Waals surface area (Å²) in [6, 6.07) is 8.06. The van der Waals surface area contributed by atoms with E-state index in [0.717, 1.165) is 35.3 Å². The number of carbonyl (C=O) groups is 1. The Morgan fingerprint density at radius 3 is 2.74 bits per heavy atom. The zero-order chi connectivity index (χ0) is 16.4. The van der Waals surface area contributed by atoms with Gasteiger partial charge in [-0.15, -0.1) is 0 Å². The van der Waals surface area contributed by atoms with Gasteiger partial charge in [-0.25, -0.2) is 9.78 Å². The highest BCUT2D eigenvalue weighted by Gasteiger charge is 2.32. The van der Waals surface area contributed by atoms with Gasteiger partial charge in [-0.3, -0.25) is 4.90 Å². The highest BCUT2D eigenvalue weighted by molar-refractivity contribution is 9.10. The molecule has 0 aliphatic carbocycles. The fourth-order valence-corrected chi connectivity index (χ4v) is 3.51. The highest BCUT2D eigenvalue weighted by Crippen LogP contribution is 2.31. The molecule has 1 atom stereocenters. The number of amides is 1. The van der Waals surface area contributed by atoms with Crippen LogP contribution in [0.3, 0.4) is 0 Å². The van der Waals surface area contributed by atoms with Gasteiger partial charge in [0.2, 0.25) is 0 Å². The number of halogens is 1. The van der Waals surface area contributed by atoms with Crippen molar-refractivity contribution < 1.29 is 9.90 Å². The molecule has 0 fully saturated rings. The Kier molecular flexibility index (Phi) is 4.71. The number of imidazole rings is 1. The lowest BCUT2D eigenvalue weighted by atomic mass is 10.0. The third kappa shape index (κ3) is 3.27. The number of fused-ring (bicyclic) bond motifs is 1. The van der Waals surface area contributed by atoms with Crippen LogP contribution in [-0.4, -0.2) is 32.2 Å². The first-order valence-corrected chi connectivity index (χ1v) is 8.67. The minimum absolute atomic E-state index is 0.127. The zero-order valence-corrected chi connectivity index (χ0v) is 14.7. The average molecular weight is 378 g/mol. The van der Waals surface area contributed by atoms with Gasteiger partial charge in [-0.2, -0.15) is 0 Å². The number of nitrogens with zero attached hydrogens (tertiary/aromatic N) is 3. The van der Waals surface area contributed by atoms with Crippen LogP contribution < -0.4 is 0 Å². The highest BCUT2D eigenvalue weighted by atomic mass is 79.9. The molecular weight excluding hydrogens is 358 g/mol. The summed E-state index contributed by atoms with van der Waals surface area (Å²) in [7, 11) is 0. The molecule has 1 aliphatic rings. The second kappa shape index (κ2) is 6.74. The third-order valence-electron chi connectivity index (χ3n) is 4.43. The summed E-state index contributed by atoms with van der Waals surface area (Å²) in [5.74, 6) is 1.04. The molecule has 6 heteroatoms. The number of hydrogen-bond acceptors (Lipinski definition) is 2. The Morgan fingerprint density at radius 1 is 1.35 bits per heavy atom. The minimum Gasteiger partial charge on any atom is -0.465 e. The van der Waals surface area contributed by atoms with Crippen LogP contribution in [0.1, 0.15) is 36.5 Å². The van der Waals surface area contributed by atoms with Gasteiger partial charge in [-0.1, -0.05) is 35.0 Å². The van der Waals surface area contributed by atoms with E-state index >= 15 is 0 Å². The normalized spacial score (nSPS) is 17.1.